The molecular weight excluding hydrogens is 292 g/mol. The predicted octanol–water partition coefficient (Wildman–Crippen LogP) is -3.65. The van der Waals surface area contributed by atoms with E-state index in [1.54, 1.807) is 0 Å². The van der Waals surface area contributed by atoms with Gasteiger partial charge in [0.05, 0.1) is 0 Å². The average molecular weight is 294 g/mol. The maximum absolute atomic E-state index is 8.25. The van der Waals surface area contributed by atoms with Crippen molar-refractivity contribution in [1.82, 2.24) is 0 Å². The molecule has 0 N–H and O–H groups in total. The fourth-order valence-electron chi connectivity index (χ4n) is 0. The van der Waals surface area contributed by atoms with Gasteiger partial charge < -0.3 is 19.8 Å². The summed E-state index contributed by atoms with van der Waals surface area (Å²) in [6.45, 7) is -1.00. The zero-order chi connectivity index (χ0) is 5.41. The smallest absolute Gasteiger partial charge is 0.0275 e. The molecule has 0 aromatic carbocycles. The van der Waals surface area contributed by atoms with E-state index in [0.29, 0.717) is 0 Å². The molecule has 0 aromatic heterocycles. The third-order valence-corrected chi connectivity index (χ3v) is 0. The van der Waals surface area contributed by atoms with Crippen LogP contribution < -0.4 is 10.2 Å². The van der Waals surface area contributed by atoms with Crippen LogP contribution in [0.2, 0.25) is 0 Å². The normalized spacial score (nSPS) is 3.43. The van der Waals surface area contributed by atoms with Gasteiger partial charge in [0.1, 0.15) is 0 Å². The maximum Gasteiger partial charge on any atom is 0.0275 e. The van der Waals surface area contributed by atoms with Gasteiger partial charge in [-0.15, -0.1) is 0 Å². The third kappa shape index (κ3) is 4600. The summed E-state index contributed by atoms with van der Waals surface area (Å²) in [6.07, 6.45) is 0. The molecule has 4 nitrogen and oxygen atoms in total. The van der Waals surface area contributed by atoms with E-state index in [-0.39, 0.29) is 27.3 Å². The van der Waals surface area contributed by atoms with Crippen molar-refractivity contribution < 1.29 is 19.8 Å². The van der Waals surface area contributed by atoms with Crippen LogP contribution in [0.1, 0.15) is 0 Å². The summed E-state index contributed by atoms with van der Waals surface area (Å²) in [7, 11) is 0. The summed E-state index contributed by atoms with van der Waals surface area (Å²) in [5.41, 5.74) is 0. The van der Waals surface area contributed by atoms with Crippen molar-refractivity contribution in [3.8, 4) is 0 Å². The minimum Gasteiger partial charge on any atom is -0.554 e. The molecule has 7 heavy (non-hydrogen) atoms. The van der Waals surface area contributed by atoms with Gasteiger partial charge in [-0.25, -0.2) is 0 Å². The van der Waals surface area contributed by atoms with Gasteiger partial charge in [-0.1, -0.05) is 0 Å². The van der Waals surface area contributed by atoms with Crippen molar-refractivity contribution in [3.05, 3.63) is 0 Å². The molecule has 0 fully saturated rings. The molecule has 0 unspecified atom stereocenters. The van der Waals surface area contributed by atoms with Crippen molar-refractivity contribution in [2.75, 3.05) is 0 Å². The predicted molar refractivity (Wildman–Crippen MR) is 17.9 cm³/mol. The molecule has 0 saturated heterocycles. The Morgan fingerprint density at radius 1 is 1.00 bits per heavy atom. The molecule has 0 rings (SSSR count). The number of hydrogen-bond acceptors (Lipinski definition) is 4. The number of hydrogen-bond donors (Lipinski definition) is 0. The molecule has 0 aliphatic rings. The zero-order valence-corrected chi connectivity index (χ0v) is 7.85. The van der Waals surface area contributed by atoms with Crippen molar-refractivity contribution in [1.29, 1.82) is 0 Å². The van der Waals surface area contributed by atoms with Gasteiger partial charge in [-0.2, -0.15) is 0 Å². The molecule has 0 aliphatic heterocycles. The van der Waals surface area contributed by atoms with Gasteiger partial charge in [0, 0.05) is 40.2 Å². The van der Waals surface area contributed by atoms with Crippen molar-refractivity contribution in [2.45, 2.75) is 0 Å². The summed E-state index contributed by atoms with van der Waals surface area (Å²) < 4.78 is 0. The minimum absolute atomic E-state index is 0. The summed E-state index contributed by atoms with van der Waals surface area (Å²) in [5.74, 6) is 0. The fourth-order valence-corrected chi connectivity index (χ4v) is 0. The van der Waals surface area contributed by atoms with Gasteiger partial charge in [0.2, 0.25) is 0 Å². The Morgan fingerprint density at radius 2 is 1.00 bits per heavy atom. The van der Waals surface area contributed by atoms with Crippen LogP contribution in [0.3, 0.4) is 0 Å². The molecule has 0 aliphatic carbocycles. The summed E-state index contributed by atoms with van der Waals surface area (Å²) >= 11 is 0. The zero-order valence-electron chi connectivity index (χ0n) is 3.37. The molecule has 0 atom stereocenters. The van der Waals surface area contributed by atoms with Gasteiger partial charge in [-0.05, 0) is 0 Å². The molecule has 0 saturated carbocycles. The largest absolute Gasteiger partial charge is 0.554 e. The second-order valence-electron chi connectivity index (χ2n) is 0.192. The first kappa shape index (κ1) is 15.8. The van der Waals surface area contributed by atoms with Crippen LogP contribution in [-0.2, 0) is 9.59 Å². The third-order valence-electron chi connectivity index (χ3n) is 0. The maximum atomic E-state index is 8.25. The summed E-state index contributed by atoms with van der Waals surface area (Å²) in [6, 6.07) is 0. The minimum atomic E-state index is -0.500. The fraction of sp³-hybridized carbons (Fsp3) is 0. The number of carbonyl (C=O) groups excluding carboxylic acids is 2. The van der Waals surface area contributed by atoms with Crippen molar-refractivity contribution >= 4 is 40.2 Å². The first-order valence-corrected chi connectivity index (χ1v) is 0.943. The summed E-state index contributed by atoms with van der Waals surface area (Å²) in [5, 5.41) is 16.5. The number of carboxylic acid groups (broad SMARTS) is 2. The molecule has 0 bridgehead atoms. The molecule has 0 aromatic rings. The van der Waals surface area contributed by atoms with Crippen LogP contribution in [0.25, 0.3) is 0 Å². The Balaban J connectivity index is -0.0000000400. The van der Waals surface area contributed by atoms with E-state index < -0.39 is 12.9 Å². The van der Waals surface area contributed by atoms with Gasteiger partial charge in [0.15, 0.2) is 0 Å². The molecular formula is C2H2O4Tl-2. The standard InChI is InChI=1S/2CH2O2.Tl/c2*2-1-3;/h2*1H,(H,2,3);/p-2. The van der Waals surface area contributed by atoms with Crippen LogP contribution in [0.15, 0.2) is 0 Å². The first-order chi connectivity index (χ1) is 2.83. The van der Waals surface area contributed by atoms with Crippen molar-refractivity contribution in [2.24, 2.45) is 0 Å². The van der Waals surface area contributed by atoms with E-state index in [4.69, 9.17) is 19.8 Å². The van der Waals surface area contributed by atoms with Crippen LogP contribution in [0, 0.1) is 0 Å². The first-order valence-electron chi connectivity index (χ1n) is 0.943. The van der Waals surface area contributed by atoms with E-state index >= 15 is 0 Å². The van der Waals surface area contributed by atoms with E-state index in [2.05, 4.69) is 0 Å². The van der Waals surface area contributed by atoms with Gasteiger partial charge in [-0.3, -0.25) is 0 Å². The van der Waals surface area contributed by atoms with E-state index in [0.717, 1.165) is 0 Å². The van der Waals surface area contributed by atoms with Crippen molar-refractivity contribution in [3.63, 3.8) is 0 Å². The molecule has 0 amide bonds. The van der Waals surface area contributed by atoms with Crippen LogP contribution >= 0.6 is 0 Å². The second kappa shape index (κ2) is 40.0. The van der Waals surface area contributed by atoms with Crippen LogP contribution in [0.4, 0.5) is 0 Å². The van der Waals surface area contributed by atoms with Crippen LogP contribution in [0.5, 0.6) is 0 Å². The Kier molecular flexibility index (Phi) is 90.3. The van der Waals surface area contributed by atoms with Gasteiger partial charge >= 0.3 is 0 Å². The number of rotatable bonds is 0. The van der Waals surface area contributed by atoms with E-state index in [1.807, 2.05) is 0 Å². The Labute approximate surface area is 60.3 Å². The molecule has 39 valence electrons. The molecule has 0 spiro atoms. The number of carbonyl (C=O) groups is 2. The Hall–Kier alpha value is -0.138. The second-order valence-corrected chi connectivity index (χ2v) is 0.192. The molecule has 1 radical (unpaired) electrons. The van der Waals surface area contributed by atoms with Gasteiger partial charge in [0.25, 0.3) is 0 Å². The average Bonchev–Trinajstić information content (AvgIpc) is 1.39. The Morgan fingerprint density at radius 3 is 1.00 bits per heavy atom. The SMILES string of the molecule is O=C[O-].O=C[O-].[Tl]. The Bertz CT molecular complexity index is 30.7. The monoisotopic (exact) mass is 295 g/mol. The molecule has 5 heteroatoms. The summed E-state index contributed by atoms with van der Waals surface area (Å²) in [4.78, 5) is 16.5. The van der Waals surface area contributed by atoms with Crippen LogP contribution in [-0.4, -0.2) is 40.2 Å². The topological polar surface area (TPSA) is 80.3 Å². The molecule has 0 heterocycles. The quantitative estimate of drug-likeness (QED) is 0.341. The van der Waals surface area contributed by atoms with E-state index in [9.17, 15) is 0 Å². The van der Waals surface area contributed by atoms with E-state index in [1.165, 1.54) is 0 Å².